The standard InChI is InChI=1S/C29H24O6S/c1-21-8-14-25(15-9-21)36(31,32)26-16-11-23(12-17-26)34-24-13-18-27(33-2)28(20-24)35-29(30)19-10-22-6-4-3-5-7-22/h3-20H,1-2H3/b19-10+. The fourth-order valence-corrected chi connectivity index (χ4v) is 4.61. The van der Waals surface area contributed by atoms with Crippen molar-refractivity contribution >= 4 is 21.9 Å². The zero-order valence-corrected chi connectivity index (χ0v) is 20.6. The van der Waals surface area contributed by atoms with E-state index in [4.69, 9.17) is 14.2 Å². The molecule has 4 rings (SSSR count). The molecule has 0 heterocycles. The van der Waals surface area contributed by atoms with Crippen LogP contribution >= 0.6 is 0 Å². The Balaban J connectivity index is 1.48. The van der Waals surface area contributed by atoms with Crippen LogP contribution in [0.4, 0.5) is 0 Å². The van der Waals surface area contributed by atoms with Crippen molar-refractivity contribution in [1.82, 2.24) is 0 Å². The summed E-state index contributed by atoms with van der Waals surface area (Å²) in [5.74, 6) is 0.795. The lowest BCUT2D eigenvalue weighted by molar-refractivity contribution is -0.129. The van der Waals surface area contributed by atoms with E-state index in [-0.39, 0.29) is 15.5 Å². The maximum atomic E-state index is 12.9. The molecular formula is C29H24O6S. The summed E-state index contributed by atoms with van der Waals surface area (Å²) in [4.78, 5) is 12.7. The first-order valence-corrected chi connectivity index (χ1v) is 12.6. The van der Waals surface area contributed by atoms with Crippen molar-refractivity contribution in [3.8, 4) is 23.0 Å². The summed E-state index contributed by atoms with van der Waals surface area (Å²) in [6.45, 7) is 1.90. The number of methoxy groups -OCH3 is 1. The van der Waals surface area contributed by atoms with E-state index in [9.17, 15) is 13.2 Å². The van der Waals surface area contributed by atoms with Crippen molar-refractivity contribution in [1.29, 1.82) is 0 Å². The summed E-state index contributed by atoms with van der Waals surface area (Å²) in [6.07, 6.45) is 2.98. The number of rotatable bonds is 8. The predicted molar refractivity (Wildman–Crippen MR) is 137 cm³/mol. The molecule has 0 spiro atoms. The SMILES string of the molecule is COc1ccc(Oc2ccc(S(=O)(=O)c3ccc(C)cc3)cc2)cc1OC(=O)/C=C/c1ccccc1. The molecule has 36 heavy (non-hydrogen) atoms. The third-order valence-electron chi connectivity index (χ3n) is 5.26. The smallest absolute Gasteiger partial charge is 0.336 e. The van der Waals surface area contributed by atoms with Gasteiger partial charge in [-0.2, -0.15) is 0 Å². The van der Waals surface area contributed by atoms with E-state index in [1.165, 1.54) is 31.4 Å². The highest BCUT2D eigenvalue weighted by Crippen LogP contribution is 2.34. The van der Waals surface area contributed by atoms with Gasteiger partial charge in [0.1, 0.15) is 11.5 Å². The second-order valence-corrected chi connectivity index (χ2v) is 9.82. The summed E-state index contributed by atoms with van der Waals surface area (Å²) in [5, 5.41) is 0. The zero-order valence-electron chi connectivity index (χ0n) is 19.8. The van der Waals surface area contributed by atoms with E-state index in [1.54, 1.807) is 54.6 Å². The Morgan fingerprint density at radius 3 is 2.00 bits per heavy atom. The molecule has 0 unspecified atom stereocenters. The summed E-state index contributed by atoms with van der Waals surface area (Å²) >= 11 is 0. The highest BCUT2D eigenvalue weighted by atomic mass is 32.2. The van der Waals surface area contributed by atoms with E-state index < -0.39 is 15.8 Å². The highest BCUT2D eigenvalue weighted by Gasteiger charge is 2.17. The molecular weight excluding hydrogens is 476 g/mol. The van der Waals surface area contributed by atoms with Crippen molar-refractivity contribution in [2.75, 3.05) is 7.11 Å². The molecule has 0 aliphatic rings. The highest BCUT2D eigenvalue weighted by molar-refractivity contribution is 7.91. The molecule has 0 bridgehead atoms. The fourth-order valence-electron chi connectivity index (χ4n) is 3.35. The van der Waals surface area contributed by atoms with E-state index >= 15 is 0 Å². The molecule has 0 fully saturated rings. The minimum absolute atomic E-state index is 0.160. The molecule has 0 saturated carbocycles. The Hall–Kier alpha value is -4.36. The quantitative estimate of drug-likeness (QED) is 0.162. The second-order valence-electron chi connectivity index (χ2n) is 7.87. The first-order chi connectivity index (χ1) is 17.3. The number of hydrogen-bond acceptors (Lipinski definition) is 6. The van der Waals surface area contributed by atoms with Gasteiger partial charge in [-0.25, -0.2) is 13.2 Å². The first-order valence-electron chi connectivity index (χ1n) is 11.1. The van der Waals surface area contributed by atoms with Crippen LogP contribution in [-0.4, -0.2) is 21.5 Å². The number of carbonyl (C=O) groups excluding carboxylic acids is 1. The van der Waals surface area contributed by atoms with Gasteiger partial charge >= 0.3 is 5.97 Å². The van der Waals surface area contributed by atoms with E-state index in [0.717, 1.165) is 11.1 Å². The number of esters is 1. The molecule has 4 aromatic carbocycles. The van der Waals surface area contributed by atoms with Crippen molar-refractivity contribution in [2.45, 2.75) is 16.7 Å². The van der Waals surface area contributed by atoms with Crippen molar-refractivity contribution in [3.63, 3.8) is 0 Å². The molecule has 0 aromatic heterocycles. The maximum Gasteiger partial charge on any atom is 0.336 e. The Labute approximate surface area is 210 Å². The zero-order chi connectivity index (χ0) is 25.5. The Morgan fingerprint density at radius 1 is 0.750 bits per heavy atom. The predicted octanol–water partition coefficient (Wildman–Crippen LogP) is 6.25. The molecule has 6 nitrogen and oxygen atoms in total. The van der Waals surface area contributed by atoms with E-state index in [0.29, 0.717) is 17.2 Å². The van der Waals surface area contributed by atoms with Crippen LogP contribution in [-0.2, 0) is 14.6 Å². The molecule has 0 amide bonds. The lowest BCUT2D eigenvalue weighted by Crippen LogP contribution is -2.05. The largest absolute Gasteiger partial charge is 0.493 e. The van der Waals surface area contributed by atoms with E-state index in [1.807, 2.05) is 37.3 Å². The van der Waals surface area contributed by atoms with Crippen LogP contribution in [0.3, 0.4) is 0 Å². The molecule has 182 valence electrons. The lowest BCUT2D eigenvalue weighted by atomic mass is 10.2. The van der Waals surface area contributed by atoms with Crippen molar-refractivity contribution in [3.05, 3.63) is 114 Å². The van der Waals surface area contributed by atoms with Gasteiger partial charge in [-0.3, -0.25) is 0 Å². The number of aryl methyl sites for hydroxylation is 1. The van der Waals surface area contributed by atoms with Gasteiger partial charge < -0.3 is 14.2 Å². The van der Waals surface area contributed by atoms with E-state index in [2.05, 4.69) is 0 Å². The number of ether oxygens (including phenoxy) is 3. The van der Waals surface area contributed by atoms with Crippen LogP contribution in [0, 0.1) is 6.92 Å². The van der Waals surface area contributed by atoms with Gasteiger partial charge in [0.05, 0.1) is 16.9 Å². The third-order valence-corrected chi connectivity index (χ3v) is 7.04. The number of hydrogen-bond donors (Lipinski definition) is 0. The van der Waals surface area contributed by atoms with Crippen molar-refractivity contribution < 1.29 is 27.4 Å². The average Bonchev–Trinajstić information content (AvgIpc) is 2.89. The molecule has 0 N–H and O–H groups in total. The number of sulfone groups is 1. The monoisotopic (exact) mass is 500 g/mol. The van der Waals surface area contributed by atoms with Gasteiger partial charge in [0.2, 0.25) is 9.84 Å². The molecule has 0 aliphatic heterocycles. The van der Waals surface area contributed by atoms with Crippen LogP contribution in [0.2, 0.25) is 0 Å². The summed E-state index contributed by atoms with van der Waals surface area (Å²) in [7, 11) is -2.16. The van der Waals surface area contributed by atoms with Gasteiger partial charge in [-0.1, -0.05) is 48.0 Å². The second kappa shape index (κ2) is 10.9. The summed E-state index contributed by atoms with van der Waals surface area (Å²) in [6, 6.07) is 27.0. The van der Waals surface area contributed by atoms with Crippen LogP contribution in [0.25, 0.3) is 6.08 Å². The van der Waals surface area contributed by atoms with Crippen LogP contribution in [0.1, 0.15) is 11.1 Å². The molecule has 7 heteroatoms. The lowest BCUT2D eigenvalue weighted by Gasteiger charge is -2.12. The number of carbonyl (C=O) groups is 1. The Bertz CT molecular complexity index is 1470. The first kappa shape index (κ1) is 24.8. The van der Waals surface area contributed by atoms with Gasteiger partial charge in [0.15, 0.2) is 11.5 Å². The Morgan fingerprint density at radius 2 is 1.36 bits per heavy atom. The maximum absolute atomic E-state index is 12.9. The normalized spacial score (nSPS) is 11.3. The topological polar surface area (TPSA) is 78.9 Å². The van der Waals surface area contributed by atoms with Crippen LogP contribution < -0.4 is 14.2 Å². The van der Waals surface area contributed by atoms with Crippen LogP contribution in [0.15, 0.2) is 113 Å². The molecule has 0 radical (unpaired) electrons. The molecule has 0 saturated heterocycles. The van der Waals surface area contributed by atoms with Gasteiger partial charge in [0, 0.05) is 12.1 Å². The minimum atomic E-state index is -3.64. The summed E-state index contributed by atoms with van der Waals surface area (Å²) < 4.78 is 42.3. The fraction of sp³-hybridized carbons (Fsp3) is 0.0690. The van der Waals surface area contributed by atoms with Gasteiger partial charge in [-0.15, -0.1) is 0 Å². The van der Waals surface area contributed by atoms with Gasteiger partial charge in [0.25, 0.3) is 0 Å². The van der Waals surface area contributed by atoms with Gasteiger partial charge in [-0.05, 0) is 67.1 Å². The third kappa shape index (κ3) is 6.00. The minimum Gasteiger partial charge on any atom is -0.493 e. The van der Waals surface area contributed by atoms with Crippen molar-refractivity contribution in [2.24, 2.45) is 0 Å². The van der Waals surface area contributed by atoms with Crippen LogP contribution in [0.5, 0.6) is 23.0 Å². The number of benzene rings is 4. The molecule has 4 aromatic rings. The Kier molecular flexibility index (Phi) is 7.51. The average molecular weight is 501 g/mol. The molecule has 0 aliphatic carbocycles. The summed E-state index contributed by atoms with van der Waals surface area (Å²) in [5.41, 5.74) is 1.85. The molecule has 0 atom stereocenters.